The van der Waals surface area contributed by atoms with Crippen LogP contribution in [0, 0.1) is 19.8 Å². The van der Waals surface area contributed by atoms with Crippen LogP contribution < -0.4 is 5.32 Å². The van der Waals surface area contributed by atoms with Gasteiger partial charge in [0, 0.05) is 6.04 Å². The van der Waals surface area contributed by atoms with Gasteiger partial charge in [0.1, 0.15) is 0 Å². The maximum absolute atomic E-state index is 3.44. The van der Waals surface area contributed by atoms with Crippen LogP contribution in [0.5, 0.6) is 0 Å². The number of hydrogen-bond acceptors (Lipinski definition) is 1. The fraction of sp³-hybridized carbons (Fsp3) is 0.571. The van der Waals surface area contributed by atoms with Crippen LogP contribution in [0.4, 0.5) is 0 Å². The number of aryl methyl sites for hydroxylation is 2. The van der Waals surface area contributed by atoms with Crippen molar-refractivity contribution >= 4 is 0 Å². The molecule has 0 aliphatic heterocycles. The summed E-state index contributed by atoms with van der Waals surface area (Å²) in [5.74, 6) is 0.676. The zero-order chi connectivity index (χ0) is 11.4. The molecule has 0 radical (unpaired) electrons. The van der Waals surface area contributed by atoms with Gasteiger partial charge in [0.2, 0.25) is 0 Å². The van der Waals surface area contributed by atoms with E-state index in [0.717, 1.165) is 0 Å². The molecule has 0 aromatic heterocycles. The molecule has 0 heterocycles. The Morgan fingerprint density at radius 1 is 1.27 bits per heavy atom. The zero-order valence-corrected chi connectivity index (χ0v) is 10.6. The van der Waals surface area contributed by atoms with Crippen molar-refractivity contribution in [2.75, 3.05) is 7.05 Å². The minimum absolute atomic E-state index is 0.481. The van der Waals surface area contributed by atoms with E-state index in [1.807, 2.05) is 0 Å². The van der Waals surface area contributed by atoms with Crippen LogP contribution in [0.25, 0.3) is 0 Å². The molecule has 0 amide bonds. The van der Waals surface area contributed by atoms with E-state index < -0.39 is 0 Å². The SMILES string of the molecule is CCC(C)C(NC)c1cc(C)ccc1C. The van der Waals surface area contributed by atoms with Crippen LogP contribution in [0.15, 0.2) is 18.2 Å². The highest BCUT2D eigenvalue weighted by Gasteiger charge is 2.17. The average Bonchev–Trinajstić information content (AvgIpc) is 2.23. The Morgan fingerprint density at radius 2 is 1.93 bits per heavy atom. The lowest BCUT2D eigenvalue weighted by Gasteiger charge is -2.25. The van der Waals surface area contributed by atoms with Crippen LogP contribution in [0.1, 0.15) is 43.0 Å². The second kappa shape index (κ2) is 5.32. The van der Waals surface area contributed by atoms with Gasteiger partial charge < -0.3 is 5.32 Å². The van der Waals surface area contributed by atoms with Crippen molar-refractivity contribution in [3.63, 3.8) is 0 Å². The third-order valence-electron chi connectivity index (χ3n) is 3.29. The number of nitrogens with one attached hydrogen (secondary N) is 1. The molecule has 1 N–H and O–H groups in total. The fourth-order valence-corrected chi connectivity index (χ4v) is 2.08. The number of rotatable bonds is 4. The van der Waals surface area contributed by atoms with E-state index in [0.29, 0.717) is 12.0 Å². The molecule has 1 heteroatoms. The summed E-state index contributed by atoms with van der Waals surface area (Å²) in [5, 5.41) is 3.44. The molecule has 84 valence electrons. The monoisotopic (exact) mass is 205 g/mol. The highest BCUT2D eigenvalue weighted by molar-refractivity contribution is 5.33. The second-order valence-electron chi connectivity index (χ2n) is 4.51. The van der Waals surface area contributed by atoms with Gasteiger partial charge in [0.15, 0.2) is 0 Å². The summed E-state index contributed by atoms with van der Waals surface area (Å²) in [4.78, 5) is 0. The predicted molar refractivity (Wildman–Crippen MR) is 67.2 cm³/mol. The van der Waals surface area contributed by atoms with Gasteiger partial charge in [0.05, 0.1) is 0 Å². The largest absolute Gasteiger partial charge is 0.313 e. The average molecular weight is 205 g/mol. The van der Waals surface area contributed by atoms with Crippen LogP contribution in [0.3, 0.4) is 0 Å². The van der Waals surface area contributed by atoms with Crippen molar-refractivity contribution in [3.05, 3.63) is 34.9 Å². The van der Waals surface area contributed by atoms with Crippen LogP contribution >= 0.6 is 0 Å². The summed E-state index contributed by atoms with van der Waals surface area (Å²) in [6.45, 7) is 8.91. The van der Waals surface area contributed by atoms with Gasteiger partial charge >= 0.3 is 0 Å². The van der Waals surface area contributed by atoms with Gasteiger partial charge in [-0.25, -0.2) is 0 Å². The van der Waals surface area contributed by atoms with Crippen molar-refractivity contribution < 1.29 is 0 Å². The number of benzene rings is 1. The molecule has 0 aliphatic carbocycles. The van der Waals surface area contributed by atoms with E-state index in [1.165, 1.54) is 23.1 Å². The van der Waals surface area contributed by atoms with E-state index in [4.69, 9.17) is 0 Å². The summed E-state index contributed by atoms with van der Waals surface area (Å²) in [6, 6.07) is 7.19. The molecule has 0 saturated heterocycles. The van der Waals surface area contributed by atoms with Gasteiger partial charge in [0.25, 0.3) is 0 Å². The van der Waals surface area contributed by atoms with E-state index >= 15 is 0 Å². The van der Waals surface area contributed by atoms with Crippen molar-refractivity contribution in [1.82, 2.24) is 5.32 Å². The van der Waals surface area contributed by atoms with Gasteiger partial charge in [-0.15, -0.1) is 0 Å². The van der Waals surface area contributed by atoms with Crippen molar-refractivity contribution in [2.24, 2.45) is 5.92 Å². The molecule has 1 aromatic carbocycles. The standard InChI is InChI=1S/C14H23N/c1-6-11(3)14(15-5)13-9-10(2)7-8-12(13)4/h7-9,11,14-15H,6H2,1-5H3. The normalized spacial score (nSPS) is 15.0. The predicted octanol–water partition coefficient (Wildman–Crippen LogP) is 3.61. The lowest BCUT2D eigenvalue weighted by molar-refractivity contribution is 0.399. The summed E-state index contributed by atoms with van der Waals surface area (Å²) < 4.78 is 0. The fourth-order valence-electron chi connectivity index (χ4n) is 2.08. The Bertz CT molecular complexity index is 317. The lowest BCUT2D eigenvalue weighted by Crippen LogP contribution is -2.24. The molecular weight excluding hydrogens is 182 g/mol. The Hall–Kier alpha value is -0.820. The topological polar surface area (TPSA) is 12.0 Å². The molecule has 0 fully saturated rings. The molecule has 1 nitrogen and oxygen atoms in total. The Labute approximate surface area is 93.9 Å². The third-order valence-corrected chi connectivity index (χ3v) is 3.29. The first-order chi connectivity index (χ1) is 7.10. The minimum atomic E-state index is 0.481. The third kappa shape index (κ3) is 2.82. The Morgan fingerprint density at radius 3 is 2.47 bits per heavy atom. The van der Waals surface area contributed by atoms with E-state index in [9.17, 15) is 0 Å². The first-order valence-electron chi connectivity index (χ1n) is 5.84. The van der Waals surface area contributed by atoms with Crippen molar-refractivity contribution in [1.29, 1.82) is 0 Å². The van der Waals surface area contributed by atoms with Gasteiger partial charge in [-0.05, 0) is 37.9 Å². The molecule has 0 spiro atoms. The quantitative estimate of drug-likeness (QED) is 0.791. The molecule has 15 heavy (non-hydrogen) atoms. The summed E-state index contributed by atoms with van der Waals surface area (Å²) in [7, 11) is 2.05. The van der Waals surface area contributed by atoms with Gasteiger partial charge in [-0.2, -0.15) is 0 Å². The zero-order valence-electron chi connectivity index (χ0n) is 10.6. The molecule has 0 aliphatic rings. The molecule has 1 rings (SSSR count). The molecule has 2 unspecified atom stereocenters. The van der Waals surface area contributed by atoms with Gasteiger partial charge in [-0.3, -0.25) is 0 Å². The summed E-state index contributed by atoms with van der Waals surface area (Å²) in [6.07, 6.45) is 1.21. The van der Waals surface area contributed by atoms with Crippen LogP contribution in [-0.2, 0) is 0 Å². The lowest BCUT2D eigenvalue weighted by atomic mass is 9.89. The second-order valence-corrected chi connectivity index (χ2v) is 4.51. The first-order valence-corrected chi connectivity index (χ1v) is 5.84. The number of hydrogen-bond donors (Lipinski definition) is 1. The molecule has 0 saturated carbocycles. The molecular formula is C14H23N. The molecule has 0 bridgehead atoms. The molecule has 2 atom stereocenters. The highest BCUT2D eigenvalue weighted by atomic mass is 14.9. The molecule has 1 aromatic rings. The smallest absolute Gasteiger partial charge is 0.0346 e. The van der Waals surface area contributed by atoms with E-state index in [1.54, 1.807) is 0 Å². The van der Waals surface area contributed by atoms with Gasteiger partial charge in [-0.1, -0.05) is 44.0 Å². The van der Waals surface area contributed by atoms with E-state index in [-0.39, 0.29) is 0 Å². The van der Waals surface area contributed by atoms with E-state index in [2.05, 4.69) is 58.3 Å². The summed E-state index contributed by atoms with van der Waals surface area (Å²) >= 11 is 0. The minimum Gasteiger partial charge on any atom is -0.313 e. The van der Waals surface area contributed by atoms with Crippen molar-refractivity contribution in [2.45, 2.75) is 40.2 Å². The van der Waals surface area contributed by atoms with Crippen LogP contribution in [-0.4, -0.2) is 7.05 Å². The summed E-state index contributed by atoms with van der Waals surface area (Å²) in [5.41, 5.74) is 4.19. The first kappa shape index (κ1) is 12.3. The van der Waals surface area contributed by atoms with Crippen LogP contribution in [0.2, 0.25) is 0 Å². The van der Waals surface area contributed by atoms with Crippen molar-refractivity contribution in [3.8, 4) is 0 Å². The Balaban J connectivity index is 3.05. The maximum Gasteiger partial charge on any atom is 0.0346 e. The maximum atomic E-state index is 3.44. The highest BCUT2D eigenvalue weighted by Crippen LogP contribution is 2.27. The Kier molecular flexibility index (Phi) is 4.34.